The van der Waals surface area contributed by atoms with Gasteiger partial charge in [-0.3, -0.25) is 4.79 Å². The minimum absolute atomic E-state index is 0.0215. The molecule has 30 heavy (non-hydrogen) atoms. The van der Waals surface area contributed by atoms with Crippen molar-refractivity contribution in [2.24, 2.45) is 16.6 Å². The van der Waals surface area contributed by atoms with E-state index in [1.807, 2.05) is 0 Å². The third-order valence-corrected chi connectivity index (χ3v) is 7.21. The first kappa shape index (κ1) is 23.4. The predicted molar refractivity (Wildman–Crippen MR) is 122 cm³/mol. The summed E-state index contributed by atoms with van der Waals surface area (Å²) in [6.07, 6.45) is 15.9. The van der Waals surface area contributed by atoms with Crippen LogP contribution in [0.3, 0.4) is 0 Å². The van der Waals surface area contributed by atoms with Gasteiger partial charge in [-0.1, -0.05) is 51.9 Å². The molecule has 6 nitrogen and oxygen atoms in total. The molecule has 0 unspecified atom stereocenters. The zero-order valence-electron chi connectivity index (χ0n) is 19.3. The van der Waals surface area contributed by atoms with Gasteiger partial charge in [-0.25, -0.2) is 4.99 Å². The van der Waals surface area contributed by atoms with E-state index in [9.17, 15) is 4.79 Å². The van der Waals surface area contributed by atoms with Crippen molar-refractivity contribution >= 4 is 11.9 Å². The van der Waals surface area contributed by atoms with Gasteiger partial charge in [0.25, 0.3) is 0 Å². The van der Waals surface area contributed by atoms with Crippen LogP contribution in [0.15, 0.2) is 4.99 Å². The monoisotopic (exact) mass is 420 g/mol. The second kappa shape index (κ2) is 11.9. The van der Waals surface area contributed by atoms with Crippen LogP contribution < -0.4 is 11.1 Å². The Bertz CT molecular complexity index is 567. The van der Waals surface area contributed by atoms with Crippen molar-refractivity contribution in [3.8, 4) is 0 Å². The molecular formula is C24H44N4O2. The summed E-state index contributed by atoms with van der Waals surface area (Å²) in [4.78, 5) is 20.2. The smallest absolute Gasteiger partial charge is 0.313 e. The van der Waals surface area contributed by atoms with Gasteiger partial charge in [0.1, 0.15) is 0 Å². The van der Waals surface area contributed by atoms with E-state index < -0.39 is 0 Å². The molecule has 2 saturated heterocycles. The molecule has 6 heteroatoms. The van der Waals surface area contributed by atoms with Crippen molar-refractivity contribution in [1.29, 1.82) is 0 Å². The van der Waals surface area contributed by atoms with Gasteiger partial charge in [0.05, 0.1) is 18.6 Å². The number of hydrogen-bond donors (Lipinski definition) is 2. The highest BCUT2D eigenvalue weighted by atomic mass is 16.5. The lowest BCUT2D eigenvalue weighted by Crippen LogP contribution is -2.63. The Morgan fingerprint density at radius 3 is 2.67 bits per heavy atom. The van der Waals surface area contributed by atoms with Crippen molar-refractivity contribution in [3.05, 3.63) is 0 Å². The van der Waals surface area contributed by atoms with Crippen molar-refractivity contribution in [3.63, 3.8) is 0 Å². The molecule has 3 rings (SSSR count). The van der Waals surface area contributed by atoms with E-state index in [4.69, 9.17) is 15.5 Å². The average Bonchev–Trinajstić information content (AvgIpc) is 3.15. The Morgan fingerprint density at radius 1 is 1.13 bits per heavy atom. The molecule has 3 aliphatic rings. The van der Waals surface area contributed by atoms with Crippen molar-refractivity contribution in [1.82, 2.24) is 10.2 Å². The number of esters is 1. The first-order valence-corrected chi connectivity index (χ1v) is 12.6. The SMILES string of the molecule is CCCCCCCCC[C@@H]1C[C@@H]2CC[C@H]3[C@@H](C(=O)OCCCCN)[C@@H](C)N=C(N1)N23. The summed E-state index contributed by atoms with van der Waals surface area (Å²) < 4.78 is 5.60. The minimum atomic E-state index is -0.141. The highest BCUT2D eigenvalue weighted by Crippen LogP contribution is 2.39. The molecular weight excluding hydrogens is 376 g/mol. The van der Waals surface area contributed by atoms with Crippen LogP contribution in [0, 0.1) is 5.92 Å². The van der Waals surface area contributed by atoms with Crippen LogP contribution in [0.25, 0.3) is 0 Å². The van der Waals surface area contributed by atoms with Crippen LogP contribution in [0.4, 0.5) is 0 Å². The van der Waals surface area contributed by atoms with E-state index in [1.165, 1.54) is 64.2 Å². The molecule has 0 spiro atoms. The number of nitrogens with two attached hydrogens (primary N) is 1. The van der Waals surface area contributed by atoms with Gasteiger partial charge in [0.2, 0.25) is 0 Å². The molecule has 0 amide bonds. The molecule has 0 saturated carbocycles. The lowest BCUT2D eigenvalue weighted by Gasteiger charge is -2.46. The average molecular weight is 421 g/mol. The fraction of sp³-hybridized carbons (Fsp3) is 0.917. The molecule has 172 valence electrons. The molecule has 0 bridgehead atoms. The second-order valence-electron chi connectivity index (χ2n) is 9.58. The Hall–Kier alpha value is -1.30. The summed E-state index contributed by atoms with van der Waals surface area (Å²) in [6, 6.07) is 1.29. The summed E-state index contributed by atoms with van der Waals surface area (Å²) in [5.41, 5.74) is 5.53. The number of hydrogen-bond acceptors (Lipinski definition) is 6. The molecule has 2 fully saturated rings. The van der Waals surface area contributed by atoms with Gasteiger partial charge in [-0.05, 0) is 52.0 Å². The number of ether oxygens (including phenoxy) is 1. The Morgan fingerprint density at radius 2 is 1.90 bits per heavy atom. The molecule has 0 radical (unpaired) electrons. The number of carbonyl (C=O) groups excluding carboxylic acids is 1. The van der Waals surface area contributed by atoms with Crippen molar-refractivity contribution in [2.45, 2.75) is 121 Å². The number of nitrogens with one attached hydrogen (secondary N) is 1. The fourth-order valence-corrected chi connectivity index (χ4v) is 5.58. The molecule has 0 aromatic heterocycles. The molecule has 0 aliphatic carbocycles. The quantitative estimate of drug-likeness (QED) is 0.348. The molecule has 5 atom stereocenters. The van der Waals surface area contributed by atoms with Crippen molar-refractivity contribution < 1.29 is 9.53 Å². The van der Waals surface area contributed by atoms with Crippen LogP contribution in [-0.2, 0) is 9.53 Å². The molecule has 3 N–H and O–H groups in total. The van der Waals surface area contributed by atoms with E-state index in [-0.39, 0.29) is 24.0 Å². The second-order valence-corrected chi connectivity index (χ2v) is 9.58. The Kier molecular flexibility index (Phi) is 9.28. The largest absolute Gasteiger partial charge is 0.465 e. The number of unbranched alkanes of at least 4 members (excludes halogenated alkanes) is 7. The predicted octanol–water partition coefficient (Wildman–Crippen LogP) is 3.98. The van der Waals surface area contributed by atoms with E-state index in [0.717, 1.165) is 25.2 Å². The van der Waals surface area contributed by atoms with Crippen molar-refractivity contribution in [2.75, 3.05) is 13.2 Å². The fourth-order valence-electron chi connectivity index (χ4n) is 5.58. The minimum Gasteiger partial charge on any atom is -0.465 e. The highest BCUT2D eigenvalue weighted by Gasteiger charge is 2.50. The van der Waals surface area contributed by atoms with E-state index >= 15 is 0 Å². The molecule has 0 aromatic carbocycles. The summed E-state index contributed by atoms with van der Waals surface area (Å²) in [7, 11) is 0. The van der Waals surface area contributed by atoms with Gasteiger partial charge in [0, 0.05) is 18.1 Å². The van der Waals surface area contributed by atoms with Crippen LogP contribution in [0.5, 0.6) is 0 Å². The van der Waals surface area contributed by atoms with E-state index in [2.05, 4.69) is 24.1 Å². The molecule has 3 heterocycles. The summed E-state index contributed by atoms with van der Waals surface area (Å²) in [5, 5.41) is 3.73. The van der Waals surface area contributed by atoms with Gasteiger partial charge in [-0.2, -0.15) is 0 Å². The van der Waals surface area contributed by atoms with Crippen LogP contribution in [0.2, 0.25) is 0 Å². The van der Waals surface area contributed by atoms with Crippen LogP contribution in [-0.4, -0.2) is 54.1 Å². The lowest BCUT2D eigenvalue weighted by atomic mass is 9.89. The van der Waals surface area contributed by atoms with Crippen LogP contribution >= 0.6 is 0 Å². The maximum atomic E-state index is 12.8. The maximum absolute atomic E-state index is 12.8. The molecule has 3 aliphatic heterocycles. The summed E-state index contributed by atoms with van der Waals surface area (Å²) in [6.45, 7) is 5.47. The Labute approximate surface area is 183 Å². The zero-order valence-corrected chi connectivity index (χ0v) is 19.3. The Balaban J connectivity index is 1.49. The van der Waals surface area contributed by atoms with E-state index in [0.29, 0.717) is 25.2 Å². The van der Waals surface area contributed by atoms with Gasteiger partial charge >= 0.3 is 5.97 Å². The summed E-state index contributed by atoms with van der Waals surface area (Å²) in [5.74, 6) is 0.831. The van der Waals surface area contributed by atoms with Gasteiger partial charge in [-0.15, -0.1) is 0 Å². The third kappa shape index (κ3) is 5.89. The lowest BCUT2D eigenvalue weighted by molar-refractivity contribution is -0.151. The third-order valence-electron chi connectivity index (χ3n) is 7.21. The standard InChI is InChI=1S/C24H44N4O2/c1-3-4-5-6-7-8-9-12-19-17-20-13-14-21-22(23(29)30-16-11-10-15-25)18(2)26-24(27-19)28(20)21/h18-22H,3-17,25H2,1-2H3,(H,26,27)/t18-,19-,20+,21+,22+/m1/s1. The number of aliphatic imine (C=N–C) groups is 1. The van der Waals surface area contributed by atoms with Crippen LogP contribution in [0.1, 0.15) is 97.3 Å². The first-order chi connectivity index (χ1) is 14.7. The highest BCUT2D eigenvalue weighted by molar-refractivity contribution is 5.86. The van der Waals surface area contributed by atoms with Gasteiger partial charge in [0.15, 0.2) is 5.96 Å². The number of guanidine groups is 1. The normalized spacial score (nSPS) is 29.9. The van der Waals surface area contributed by atoms with E-state index in [1.54, 1.807) is 0 Å². The number of rotatable bonds is 13. The first-order valence-electron chi connectivity index (χ1n) is 12.6. The maximum Gasteiger partial charge on any atom is 0.313 e. The van der Waals surface area contributed by atoms with Gasteiger partial charge < -0.3 is 20.7 Å². The number of nitrogens with zero attached hydrogens (tertiary/aromatic N) is 2. The zero-order chi connectivity index (χ0) is 21.3. The topological polar surface area (TPSA) is 80.0 Å². The number of carbonyl (C=O) groups is 1. The summed E-state index contributed by atoms with van der Waals surface area (Å²) >= 11 is 0. The molecule has 0 aromatic rings.